The van der Waals surface area contributed by atoms with Gasteiger partial charge in [0.25, 0.3) is 5.91 Å². The molecular formula is C13H12N2O4. The zero-order chi connectivity index (χ0) is 14.0. The van der Waals surface area contributed by atoms with Gasteiger partial charge in [-0.2, -0.15) is 0 Å². The fourth-order valence-electron chi connectivity index (χ4n) is 1.50. The zero-order valence-corrected chi connectivity index (χ0v) is 9.79. The largest absolute Gasteiger partial charge is 0.506 e. The monoisotopic (exact) mass is 260 g/mol. The van der Waals surface area contributed by atoms with Gasteiger partial charge in [0.15, 0.2) is 11.5 Å². The minimum Gasteiger partial charge on any atom is -0.506 e. The summed E-state index contributed by atoms with van der Waals surface area (Å²) in [6, 6.07) is 7.99. The number of nitrogen functional groups attached to an aromatic ring is 1. The molecule has 0 aliphatic heterocycles. The first-order valence-electron chi connectivity index (χ1n) is 5.39. The van der Waals surface area contributed by atoms with Gasteiger partial charge in [-0.05, 0) is 36.4 Å². The normalized spacial score (nSPS) is 10.1. The van der Waals surface area contributed by atoms with E-state index in [2.05, 4.69) is 5.32 Å². The van der Waals surface area contributed by atoms with E-state index in [0.29, 0.717) is 5.69 Å². The van der Waals surface area contributed by atoms with Gasteiger partial charge in [-0.15, -0.1) is 0 Å². The van der Waals surface area contributed by atoms with Crippen LogP contribution in [0.4, 0.5) is 11.4 Å². The number of anilines is 2. The van der Waals surface area contributed by atoms with E-state index < -0.39 is 5.91 Å². The molecule has 0 bridgehead atoms. The molecule has 0 saturated carbocycles. The van der Waals surface area contributed by atoms with Crippen LogP contribution in [0.3, 0.4) is 0 Å². The van der Waals surface area contributed by atoms with Gasteiger partial charge in [0.1, 0.15) is 5.75 Å². The van der Waals surface area contributed by atoms with Gasteiger partial charge < -0.3 is 26.4 Å². The molecule has 19 heavy (non-hydrogen) atoms. The van der Waals surface area contributed by atoms with Crippen LogP contribution in [0, 0.1) is 0 Å². The Labute approximate surface area is 108 Å². The molecule has 6 heteroatoms. The lowest BCUT2D eigenvalue weighted by Crippen LogP contribution is -2.11. The highest BCUT2D eigenvalue weighted by molar-refractivity contribution is 6.04. The SMILES string of the molecule is Nc1cc(NC(=O)c2ccc(O)c(O)c2)ccc1O. The number of phenolic OH excluding ortho intramolecular Hbond substituents is 3. The Morgan fingerprint density at radius 1 is 0.947 bits per heavy atom. The number of rotatable bonds is 2. The number of hydrogen-bond acceptors (Lipinski definition) is 5. The van der Waals surface area contributed by atoms with Crippen LogP contribution in [0.25, 0.3) is 0 Å². The summed E-state index contributed by atoms with van der Waals surface area (Å²) in [5.41, 5.74) is 6.24. The van der Waals surface area contributed by atoms with Crippen molar-refractivity contribution in [1.82, 2.24) is 0 Å². The van der Waals surface area contributed by atoms with E-state index in [4.69, 9.17) is 10.8 Å². The van der Waals surface area contributed by atoms with E-state index >= 15 is 0 Å². The van der Waals surface area contributed by atoms with Gasteiger partial charge in [-0.25, -0.2) is 0 Å². The number of nitrogens with one attached hydrogen (secondary N) is 1. The molecule has 0 unspecified atom stereocenters. The summed E-state index contributed by atoms with van der Waals surface area (Å²) in [6.45, 7) is 0. The van der Waals surface area contributed by atoms with Crippen LogP contribution in [-0.4, -0.2) is 21.2 Å². The Hall–Kier alpha value is -2.89. The molecule has 0 fully saturated rings. The molecule has 1 amide bonds. The van der Waals surface area contributed by atoms with E-state index in [1.807, 2.05) is 0 Å². The number of carbonyl (C=O) groups excluding carboxylic acids is 1. The van der Waals surface area contributed by atoms with Gasteiger partial charge in [-0.3, -0.25) is 4.79 Å². The zero-order valence-electron chi connectivity index (χ0n) is 9.79. The highest BCUT2D eigenvalue weighted by Gasteiger charge is 2.09. The van der Waals surface area contributed by atoms with Crippen LogP contribution in [0.2, 0.25) is 0 Å². The van der Waals surface area contributed by atoms with Crippen molar-refractivity contribution < 1.29 is 20.1 Å². The van der Waals surface area contributed by atoms with Crippen molar-refractivity contribution in [3.63, 3.8) is 0 Å². The standard InChI is InChI=1S/C13H12N2O4/c14-9-6-8(2-4-10(9)16)15-13(19)7-1-3-11(17)12(18)5-7/h1-6,16-18H,14H2,(H,15,19). The van der Waals surface area contributed by atoms with E-state index in [9.17, 15) is 15.0 Å². The van der Waals surface area contributed by atoms with E-state index in [1.165, 1.54) is 30.3 Å². The molecular weight excluding hydrogens is 248 g/mol. The second kappa shape index (κ2) is 4.77. The summed E-state index contributed by atoms with van der Waals surface area (Å²) >= 11 is 0. The molecule has 0 aliphatic rings. The molecule has 6 N–H and O–H groups in total. The number of benzene rings is 2. The van der Waals surface area contributed by atoms with Crippen LogP contribution in [0.5, 0.6) is 17.2 Å². The maximum Gasteiger partial charge on any atom is 0.255 e. The predicted octanol–water partition coefficient (Wildman–Crippen LogP) is 1.64. The number of hydrogen-bond donors (Lipinski definition) is 5. The Balaban J connectivity index is 2.20. The molecule has 0 heterocycles. The first-order chi connectivity index (χ1) is 8.97. The molecule has 2 rings (SSSR count). The smallest absolute Gasteiger partial charge is 0.255 e. The molecule has 2 aromatic rings. The van der Waals surface area contributed by atoms with Gasteiger partial charge in [0, 0.05) is 11.3 Å². The summed E-state index contributed by atoms with van der Waals surface area (Å²) in [5, 5.41) is 30.3. The van der Waals surface area contributed by atoms with Gasteiger partial charge in [-0.1, -0.05) is 0 Å². The molecule has 0 atom stereocenters. The number of carbonyl (C=O) groups is 1. The van der Waals surface area contributed by atoms with Gasteiger partial charge in [0.2, 0.25) is 0 Å². The fourth-order valence-corrected chi connectivity index (χ4v) is 1.50. The first-order valence-corrected chi connectivity index (χ1v) is 5.39. The minimum absolute atomic E-state index is 0.0692. The van der Waals surface area contributed by atoms with Crippen LogP contribution in [0.1, 0.15) is 10.4 Å². The van der Waals surface area contributed by atoms with E-state index in [1.54, 1.807) is 0 Å². The average molecular weight is 260 g/mol. The second-order valence-electron chi connectivity index (χ2n) is 3.93. The van der Waals surface area contributed by atoms with E-state index in [-0.39, 0.29) is 28.5 Å². The van der Waals surface area contributed by atoms with Gasteiger partial charge in [0.05, 0.1) is 5.69 Å². The maximum atomic E-state index is 11.9. The quantitative estimate of drug-likeness (QED) is 0.320. The predicted molar refractivity (Wildman–Crippen MR) is 70.2 cm³/mol. The molecule has 0 spiro atoms. The highest BCUT2D eigenvalue weighted by Crippen LogP contribution is 2.26. The van der Waals surface area contributed by atoms with Crippen molar-refractivity contribution in [2.75, 3.05) is 11.1 Å². The third-order valence-corrected chi connectivity index (χ3v) is 2.52. The van der Waals surface area contributed by atoms with Crippen LogP contribution < -0.4 is 11.1 Å². The highest BCUT2D eigenvalue weighted by atomic mass is 16.3. The number of phenols is 3. The molecule has 98 valence electrons. The van der Waals surface area contributed by atoms with Crippen molar-refractivity contribution in [3.05, 3.63) is 42.0 Å². The Morgan fingerprint density at radius 3 is 2.26 bits per heavy atom. The Bertz CT molecular complexity index is 641. The third kappa shape index (κ3) is 2.68. The molecule has 0 saturated heterocycles. The van der Waals surface area contributed by atoms with E-state index in [0.717, 1.165) is 6.07 Å². The number of amides is 1. The van der Waals surface area contributed by atoms with Crippen LogP contribution in [-0.2, 0) is 0 Å². The first kappa shape index (κ1) is 12.6. The molecule has 0 radical (unpaired) electrons. The average Bonchev–Trinajstić information content (AvgIpc) is 2.37. The third-order valence-electron chi connectivity index (χ3n) is 2.52. The Morgan fingerprint density at radius 2 is 1.63 bits per heavy atom. The summed E-state index contributed by atoms with van der Waals surface area (Å²) in [4.78, 5) is 11.9. The summed E-state index contributed by atoms with van der Waals surface area (Å²) in [5.74, 6) is -1.22. The lowest BCUT2D eigenvalue weighted by molar-refractivity contribution is 0.102. The number of nitrogens with two attached hydrogens (primary N) is 1. The summed E-state index contributed by atoms with van der Waals surface area (Å²) in [7, 11) is 0. The summed E-state index contributed by atoms with van der Waals surface area (Å²) < 4.78 is 0. The summed E-state index contributed by atoms with van der Waals surface area (Å²) in [6.07, 6.45) is 0. The minimum atomic E-state index is -0.472. The van der Waals surface area contributed by atoms with Crippen molar-refractivity contribution in [2.24, 2.45) is 0 Å². The molecule has 0 aromatic heterocycles. The van der Waals surface area contributed by atoms with Crippen molar-refractivity contribution in [1.29, 1.82) is 0 Å². The fraction of sp³-hybridized carbons (Fsp3) is 0. The lowest BCUT2D eigenvalue weighted by Gasteiger charge is -2.07. The molecule has 2 aromatic carbocycles. The maximum absolute atomic E-state index is 11.9. The van der Waals surface area contributed by atoms with Crippen molar-refractivity contribution in [2.45, 2.75) is 0 Å². The van der Waals surface area contributed by atoms with Crippen LogP contribution in [0.15, 0.2) is 36.4 Å². The van der Waals surface area contributed by atoms with Gasteiger partial charge >= 0.3 is 0 Å². The van der Waals surface area contributed by atoms with Crippen molar-refractivity contribution >= 4 is 17.3 Å². The molecule has 6 nitrogen and oxygen atoms in total. The van der Waals surface area contributed by atoms with Crippen molar-refractivity contribution in [3.8, 4) is 17.2 Å². The topological polar surface area (TPSA) is 116 Å². The second-order valence-corrected chi connectivity index (χ2v) is 3.93. The molecule has 0 aliphatic carbocycles. The Kier molecular flexibility index (Phi) is 3.15. The lowest BCUT2D eigenvalue weighted by atomic mass is 10.2. The number of aromatic hydroxyl groups is 3. The van der Waals surface area contributed by atoms with Crippen LogP contribution >= 0.6 is 0 Å².